The predicted molar refractivity (Wildman–Crippen MR) is 55.0 cm³/mol. The zero-order valence-electron chi connectivity index (χ0n) is 9.46. The third-order valence-electron chi connectivity index (χ3n) is 1.61. The van der Waals surface area contributed by atoms with Gasteiger partial charge in [-0.25, -0.2) is 0 Å². The van der Waals surface area contributed by atoms with Crippen LogP contribution in [0.3, 0.4) is 0 Å². The van der Waals surface area contributed by atoms with Crippen LogP contribution in [0.4, 0.5) is 0 Å². The van der Waals surface area contributed by atoms with E-state index in [0.29, 0.717) is 6.42 Å². The van der Waals surface area contributed by atoms with Crippen molar-refractivity contribution in [1.29, 1.82) is 0 Å². The fraction of sp³-hybridized carbons (Fsp3) is 0.900. The van der Waals surface area contributed by atoms with Crippen LogP contribution in [0.5, 0.6) is 0 Å². The molecular formula is C10H21NO3. The predicted octanol–water partition coefficient (Wildman–Crippen LogP) is 0.689. The van der Waals surface area contributed by atoms with E-state index >= 15 is 0 Å². The highest BCUT2D eigenvalue weighted by molar-refractivity contribution is 5.77. The summed E-state index contributed by atoms with van der Waals surface area (Å²) in [5.74, 6) is -0.138. The van der Waals surface area contributed by atoms with E-state index in [0.717, 1.165) is 0 Å². The average Bonchev–Trinajstić information content (AvgIpc) is 2.00. The van der Waals surface area contributed by atoms with Crippen LogP contribution >= 0.6 is 0 Å². The van der Waals surface area contributed by atoms with E-state index in [1.807, 2.05) is 27.7 Å². The lowest BCUT2D eigenvalue weighted by molar-refractivity contribution is -0.131. The molecule has 4 nitrogen and oxygen atoms in total. The molecule has 1 atom stereocenters. The Bertz CT molecular complexity index is 175. The Morgan fingerprint density at radius 3 is 2.50 bits per heavy atom. The topological polar surface area (TPSA) is 58.6 Å². The summed E-state index contributed by atoms with van der Waals surface area (Å²) in [7, 11) is 0. The van der Waals surface area contributed by atoms with Gasteiger partial charge < -0.3 is 15.2 Å². The molecule has 0 aliphatic heterocycles. The molecule has 0 aliphatic rings. The summed E-state index contributed by atoms with van der Waals surface area (Å²) in [6.07, 6.45) is 0.571. The molecule has 14 heavy (non-hydrogen) atoms. The minimum absolute atomic E-state index is 0.00364. The quantitative estimate of drug-likeness (QED) is 0.691. The van der Waals surface area contributed by atoms with E-state index in [4.69, 9.17) is 9.84 Å². The highest BCUT2D eigenvalue weighted by Crippen LogP contribution is 2.05. The molecule has 0 saturated carbocycles. The summed E-state index contributed by atoms with van der Waals surface area (Å²) in [5, 5.41) is 11.4. The molecule has 0 bridgehead atoms. The molecule has 0 rings (SSSR count). The van der Waals surface area contributed by atoms with Gasteiger partial charge in [-0.2, -0.15) is 0 Å². The van der Waals surface area contributed by atoms with E-state index in [1.165, 1.54) is 0 Å². The normalized spacial score (nSPS) is 13.8. The second-order valence-electron chi connectivity index (χ2n) is 4.38. The van der Waals surface area contributed by atoms with Gasteiger partial charge in [0.15, 0.2) is 0 Å². The van der Waals surface area contributed by atoms with E-state index in [2.05, 4.69) is 5.32 Å². The number of ether oxygens (including phenoxy) is 1. The Morgan fingerprint density at radius 1 is 1.50 bits per heavy atom. The van der Waals surface area contributed by atoms with Gasteiger partial charge in [0.25, 0.3) is 0 Å². The Morgan fingerprint density at radius 2 is 2.07 bits per heavy atom. The number of hydrogen-bond donors (Lipinski definition) is 2. The van der Waals surface area contributed by atoms with E-state index in [1.54, 1.807) is 0 Å². The molecule has 1 unspecified atom stereocenters. The SMILES string of the molecule is CC(CCO)NC(=O)COC(C)(C)C. The minimum atomic E-state index is -0.294. The monoisotopic (exact) mass is 203 g/mol. The zero-order chi connectivity index (χ0) is 11.2. The Labute approximate surface area is 85.6 Å². The van der Waals surface area contributed by atoms with Gasteiger partial charge in [0.05, 0.1) is 5.60 Å². The number of amides is 1. The summed E-state index contributed by atoms with van der Waals surface area (Å²) >= 11 is 0. The van der Waals surface area contributed by atoms with Crippen molar-refractivity contribution in [2.45, 2.75) is 45.8 Å². The molecule has 0 aliphatic carbocycles. The molecule has 0 saturated heterocycles. The van der Waals surface area contributed by atoms with Crippen molar-refractivity contribution in [2.75, 3.05) is 13.2 Å². The van der Waals surface area contributed by atoms with E-state index < -0.39 is 0 Å². The molecule has 2 N–H and O–H groups in total. The van der Waals surface area contributed by atoms with Crippen LogP contribution in [0, 0.1) is 0 Å². The maximum Gasteiger partial charge on any atom is 0.246 e. The molecule has 0 aromatic carbocycles. The maximum atomic E-state index is 11.3. The van der Waals surface area contributed by atoms with Gasteiger partial charge in [-0.3, -0.25) is 4.79 Å². The van der Waals surface area contributed by atoms with Crippen molar-refractivity contribution >= 4 is 5.91 Å². The van der Waals surface area contributed by atoms with E-state index in [9.17, 15) is 4.79 Å². The molecular weight excluding hydrogens is 182 g/mol. The number of rotatable bonds is 5. The van der Waals surface area contributed by atoms with Crippen LogP contribution in [0.1, 0.15) is 34.1 Å². The summed E-state index contributed by atoms with van der Waals surface area (Å²) in [4.78, 5) is 11.3. The fourth-order valence-electron chi connectivity index (χ4n) is 0.864. The second kappa shape index (κ2) is 5.98. The largest absolute Gasteiger partial charge is 0.396 e. The van der Waals surface area contributed by atoms with Crippen molar-refractivity contribution in [3.63, 3.8) is 0 Å². The third kappa shape index (κ3) is 8.01. The van der Waals surface area contributed by atoms with Crippen LogP contribution in [-0.4, -0.2) is 35.9 Å². The van der Waals surface area contributed by atoms with Crippen LogP contribution in [0.15, 0.2) is 0 Å². The highest BCUT2D eigenvalue weighted by atomic mass is 16.5. The average molecular weight is 203 g/mol. The lowest BCUT2D eigenvalue weighted by atomic mass is 10.2. The smallest absolute Gasteiger partial charge is 0.246 e. The maximum absolute atomic E-state index is 11.3. The third-order valence-corrected chi connectivity index (χ3v) is 1.61. The standard InChI is InChI=1S/C10H21NO3/c1-8(5-6-12)11-9(13)7-14-10(2,3)4/h8,12H,5-7H2,1-4H3,(H,11,13). The molecule has 84 valence electrons. The van der Waals surface area contributed by atoms with Crippen LogP contribution in [0.25, 0.3) is 0 Å². The molecule has 0 radical (unpaired) electrons. The van der Waals surface area contributed by atoms with Gasteiger partial charge in [-0.15, -0.1) is 0 Å². The lowest BCUT2D eigenvalue weighted by Gasteiger charge is -2.20. The summed E-state index contributed by atoms with van der Waals surface area (Å²) in [6, 6.07) is -0.00364. The zero-order valence-corrected chi connectivity index (χ0v) is 9.46. The molecule has 4 heteroatoms. The van der Waals surface area contributed by atoms with Gasteiger partial charge in [-0.05, 0) is 34.1 Å². The first kappa shape index (κ1) is 13.4. The molecule has 1 amide bonds. The van der Waals surface area contributed by atoms with Crippen molar-refractivity contribution in [2.24, 2.45) is 0 Å². The van der Waals surface area contributed by atoms with Gasteiger partial charge in [0.2, 0.25) is 5.91 Å². The van der Waals surface area contributed by atoms with Crippen molar-refractivity contribution in [3.8, 4) is 0 Å². The number of hydrogen-bond acceptors (Lipinski definition) is 3. The Balaban J connectivity index is 3.65. The Hall–Kier alpha value is -0.610. The number of carbonyl (C=O) groups excluding carboxylic acids is 1. The van der Waals surface area contributed by atoms with Crippen LogP contribution < -0.4 is 5.32 Å². The molecule has 0 fully saturated rings. The minimum Gasteiger partial charge on any atom is -0.396 e. The van der Waals surface area contributed by atoms with Crippen molar-refractivity contribution in [3.05, 3.63) is 0 Å². The van der Waals surface area contributed by atoms with Crippen LogP contribution in [-0.2, 0) is 9.53 Å². The van der Waals surface area contributed by atoms with Gasteiger partial charge in [0, 0.05) is 12.6 Å². The highest BCUT2D eigenvalue weighted by Gasteiger charge is 2.13. The molecule has 0 spiro atoms. The Kier molecular flexibility index (Phi) is 5.72. The van der Waals surface area contributed by atoms with Gasteiger partial charge in [0.1, 0.15) is 6.61 Å². The molecule has 0 aromatic heterocycles. The first-order chi connectivity index (χ1) is 6.35. The molecule has 0 heterocycles. The number of aliphatic hydroxyl groups excluding tert-OH is 1. The summed E-state index contributed by atoms with van der Waals surface area (Å²) < 4.78 is 5.30. The lowest BCUT2D eigenvalue weighted by Crippen LogP contribution is -2.37. The van der Waals surface area contributed by atoms with Gasteiger partial charge >= 0.3 is 0 Å². The molecule has 0 aromatic rings. The first-order valence-electron chi connectivity index (χ1n) is 4.89. The number of aliphatic hydroxyl groups is 1. The fourth-order valence-corrected chi connectivity index (χ4v) is 0.864. The van der Waals surface area contributed by atoms with E-state index in [-0.39, 0.29) is 30.8 Å². The van der Waals surface area contributed by atoms with Crippen molar-refractivity contribution < 1.29 is 14.6 Å². The van der Waals surface area contributed by atoms with Gasteiger partial charge in [-0.1, -0.05) is 0 Å². The summed E-state index contributed by atoms with van der Waals surface area (Å²) in [6.45, 7) is 7.71. The van der Waals surface area contributed by atoms with Crippen molar-refractivity contribution in [1.82, 2.24) is 5.32 Å². The van der Waals surface area contributed by atoms with Crippen LogP contribution in [0.2, 0.25) is 0 Å². The summed E-state index contributed by atoms with van der Waals surface area (Å²) in [5.41, 5.74) is -0.294. The second-order valence-corrected chi connectivity index (χ2v) is 4.38. The first-order valence-corrected chi connectivity index (χ1v) is 4.89. The number of carbonyl (C=O) groups is 1. The number of nitrogens with one attached hydrogen (secondary N) is 1.